The molecule has 1 aromatic heterocycles. The Balaban J connectivity index is 1.35. The lowest BCUT2D eigenvalue weighted by atomic mass is 10.0. The van der Waals surface area contributed by atoms with Gasteiger partial charge in [0.25, 0.3) is 0 Å². The van der Waals surface area contributed by atoms with E-state index in [-0.39, 0.29) is 6.03 Å². The quantitative estimate of drug-likeness (QED) is 0.899. The standard InChI is InChI=1S/C20H28N4O/c1-14-11-15(2)19-18(12-14)16(13-22-19)3-7-23-8-4-17(5-9-23)24-10-6-21-20(24)25/h11-13,17,22H,3-10H2,1-2H3,(H,21,25). The van der Waals surface area contributed by atoms with Gasteiger partial charge in [0.15, 0.2) is 0 Å². The van der Waals surface area contributed by atoms with Crippen molar-refractivity contribution in [2.75, 3.05) is 32.7 Å². The zero-order valence-electron chi connectivity index (χ0n) is 15.3. The number of hydrogen-bond donors (Lipinski definition) is 2. The number of benzene rings is 1. The summed E-state index contributed by atoms with van der Waals surface area (Å²) in [6, 6.07) is 5.09. The van der Waals surface area contributed by atoms with Gasteiger partial charge in [-0.05, 0) is 50.3 Å². The molecule has 2 aliphatic heterocycles. The smallest absolute Gasteiger partial charge is 0.317 e. The van der Waals surface area contributed by atoms with Gasteiger partial charge in [0.2, 0.25) is 0 Å². The summed E-state index contributed by atoms with van der Waals surface area (Å²) in [5, 5.41) is 4.29. The van der Waals surface area contributed by atoms with E-state index in [1.807, 2.05) is 4.90 Å². The van der Waals surface area contributed by atoms with E-state index >= 15 is 0 Å². The Hall–Kier alpha value is -2.01. The predicted octanol–water partition coefficient (Wildman–Crippen LogP) is 2.82. The fourth-order valence-corrected chi connectivity index (χ4v) is 4.42. The molecule has 25 heavy (non-hydrogen) atoms. The van der Waals surface area contributed by atoms with Crippen molar-refractivity contribution in [2.24, 2.45) is 0 Å². The number of hydrogen-bond acceptors (Lipinski definition) is 2. The second-order valence-corrected chi connectivity index (χ2v) is 7.57. The van der Waals surface area contributed by atoms with Crippen molar-refractivity contribution >= 4 is 16.9 Å². The number of amides is 2. The van der Waals surface area contributed by atoms with Crippen LogP contribution in [0.15, 0.2) is 18.3 Å². The lowest BCUT2D eigenvalue weighted by molar-refractivity contribution is 0.137. The topological polar surface area (TPSA) is 51.4 Å². The average molecular weight is 340 g/mol. The molecule has 0 unspecified atom stereocenters. The van der Waals surface area contributed by atoms with E-state index in [2.05, 4.69) is 47.4 Å². The van der Waals surface area contributed by atoms with E-state index in [0.29, 0.717) is 6.04 Å². The molecule has 2 amide bonds. The highest BCUT2D eigenvalue weighted by Gasteiger charge is 2.30. The number of piperidine rings is 1. The van der Waals surface area contributed by atoms with Gasteiger partial charge in [-0.1, -0.05) is 11.6 Å². The van der Waals surface area contributed by atoms with Crippen molar-refractivity contribution in [2.45, 2.75) is 39.2 Å². The van der Waals surface area contributed by atoms with Crippen molar-refractivity contribution in [1.29, 1.82) is 0 Å². The third kappa shape index (κ3) is 3.25. The highest BCUT2D eigenvalue weighted by molar-refractivity contribution is 5.86. The van der Waals surface area contributed by atoms with Crippen molar-refractivity contribution in [1.82, 2.24) is 20.1 Å². The van der Waals surface area contributed by atoms with E-state index in [9.17, 15) is 4.79 Å². The fourth-order valence-electron chi connectivity index (χ4n) is 4.42. The number of urea groups is 1. The van der Waals surface area contributed by atoms with E-state index < -0.39 is 0 Å². The van der Waals surface area contributed by atoms with Crippen LogP contribution in [0, 0.1) is 13.8 Å². The average Bonchev–Trinajstić information content (AvgIpc) is 3.20. The highest BCUT2D eigenvalue weighted by Crippen LogP contribution is 2.24. The van der Waals surface area contributed by atoms with Crippen LogP contribution in [0.2, 0.25) is 0 Å². The second-order valence-electron chi connectivity index (χ2n) is 7.57. The molecule has 1 aromatic carbocycles. The Morgan fingerprint density at radius 2 is 1.96 bits per heavy atom. The molecular formula is C20H28N4O. The number of likely N-dealkylation sites (tertiary alicyclic amines) is 1. The Morgan fingerprint density at radius 3 is 2.68 bits per heavy atom. The molecule has 0 radical (unpaired) electrons. The molecular weight excluding hydrogens is 312 g/mol. The third-order valence-electron chi connectivity index (χ3n) is 5.80. The molecule has 0 saturated carbocycles. The monoisotopic (exact) mass is 340 g/mol. The number of carbonyl (C=O) groups excluding carboxylic acids is 1. The van der Waals surface area contributed by atoms with Crippen LogP contribution in [-0.4, -0.2) is 59.6 Å². The molecule has 0 atom stereocenters. The summed E-state index contributed by atoms with van der Waals surface area (Å²) in [7, 11) is 0. The minimum atomic E-state index is 0.128. The fraction of sp³-hybridized carbons (Fsp3) is 0.550. The van der Waals surface area contributed by atoms with E-state index in [1.165, 1.54) is 27.6 Å². The van der Waals surface area contributed by atoms with Crippen LogP contribution in [0.4, 0.5) is 4.79 Å². The molecule has 5 nitrogen and oxygen atoms in total. The molecule has 2 N–H and O–H groups in total. The second kappa shape index (κ2) is 6.71. The minimum absolute atomic E-state index is 0.128. The van der Waals surface area contributed by atoms with Crippen molar-refractivity contribution in [3.05, 3.63) is 35.0 Å². The Kier molecular flexibility index (Phi) is 4.42. The van der Waals surface area contributed by atoms with Crippen LogP contribution in [0.3, 0.4) is 0 Å². The zero-order valence-corrected chi connectivity index (χ0v) is 15.3. The maximum Gasteiger partial charge on any atom is 0.317 e. The van der Waals surface area contributed by atoms with Gasteiger partial charge in [-0.2, -0.15) is 0 Å². The predicted molar refractivity (Wildman–Crippen MR) is 101 cm³/mol. The molecule has 2 fully saturated rings. The first kappa shape index (κ1) is 16.5. The van der Waals surface area contributed by atoms with Crippen molar-refractivity contribution < 1.29 is 4.79 Å². The Labute approximate surface area is 149 Å². The van der Waals surface area contributed by atoms with Gasteiger partial charge >= 0.3 is 6.03 Å². The van der Waals surface area contributed by atoms with Gasteiger partial charge in [0.05, 0.1) is 0 Å². The number of nitrogens with one attached hydrogen (secondary N) is 2. The maximum absolute atomic E-state index is 11.8. The SMILES string of the molecule is Cc1cc(C)c2[nH]cc(CCN3CCC(N4CCNC4=O)CC3)c2c1. The molecule has 2 saturated heterocycles. The van der Waals surface area contributed by atoms with Crippen molar-refractivity contribution in [3.8, 4) is 0 Å². The number of nitrogens with zero attached hydrogens (tertiary/aromatic N) is 2. The van der Waals surface area contributed by atoms with Gasteiger partial charge in [0, 0.05) is 55.9 Å². The molecule has 3 heterocycles. The molecule has 2 aromatic rings. The third-order valence-corrected chi connectivity index (χ3v) is 5.80. The normalized spacial score (nSPS) is 19.8. The van der Waals surface area contributed by atoms with Crippen LogP contribution < -0.4 is 5.32 Å². The summed E-state index contributed by atoms with van der Waals surface area (Å²) in [5.74, 6) is 0. The highest BCUT2D eigenvalue weighted by atomic mass is 16.2. The number of carbonyl (C=O) groups is 1. The first-order chi connectivity index (χ1) is 12.1. The van der Waals surface area contributed by atoms with Crippen molar-refractivity contribution in [3.63, 3.8) is 0 Å². The van der Waals surface area contributed by atoms with Gasteiger partial charge in [-0.15, -0.1) is 0 Å². The van der Waals surface area contributed by atoms with Gasteiger partial charge in [-0.25, -0.2) is 4.79 Å². The lowest BCUT2D eigenvalue weighted by Crippen LogP contribution is -2.46. The summed E-state index contributed by atoms with van der Waals surface area (Å²) >= 11 is 0. The molecule has 0 aliphatic carbocycles. The first-order valence-corrected chi connectivity index (χ1v) is 9.46. The first-order valence-electron chi connectivity index (χ1n) is 9.46. The summed E-state index contributed by atoms with van der Waals surface area (Å²) in [4.78, 5) is 19.8. The lowest BCUT2D eigenvalue weighted by Gasteiger charge is -2.36. The number of H-pyrrole nitrogens is 1. The number of aromatic amines is 1. The molecule has 134 valence electrons. The van der Waals surface area contributed by atoms with Crippen LogP contribution in [0.25, 0.3) is 10.9 Å². The molecule has 4 rings (SSSR count). The van der Waals surface area contributed by atoms with Gasteiger partial charge in [-0.3, -0.25) is 0 Å². The number of fused-ring (bicyclic) bond motifs is 1. The van der Waals surface area contributed by atoms with Gasteiger partial charge < -0.3 is 20.1 Å². The number of aromatic nitrogens is 1. The number of rotatable bonds is 4. The maximum atomic E-state index is 11.8. The molecule has 2 aliphatic rings. The van der Waals surface area contributed by atoms with Crippen LogP contribution in [-0.2, 0) is 6.42 Å². The van der Waals surface area contributed by atoms with E-state index in [0.717, 1.165) is 52.0 Å². The summed E-state index contributed by atoms with van der Waals surface area (Å²) in [5.41, 5.74) is 5.35. The number of aryl methyl sites for hydroxylation is 2. The Morgan fingerprint density at radius 1 is 1.16 bits per heavy atom. The van der Waals surface area contributed by atoms with E-state index in [4.69, 9.17) is 0 Å². The minimum Gasteiger partial charge on any atom is -0.361 e. The summed E-state index contributed by atoms with van der Waals surface area (Å²) < 4.78 is 0. The van der Waals surface area contributed by atoms with Crippen LogP contribution in [0.5, 0.6) is 0 Å². The zero-order chi connectivity index (χ0) is 17.4. The molecule has 0 spiro atoms. The summed E-state index contributed by atoms with van der Waals surface area (Å²) in [6.07, 6.45) is 5.45. The summed E-state index contributed by atoms with van der Waals surface area (Å²) in [6.45, 7) is 9.30. The molecule has 5 heteroatoms. The van der Waals surface area contributed by atoms with E-state index in [1.54, 1.807) is 0 Å². The van der Waals surface area contributed by atoms with Crippen LogP contribution >= 0.6 is 0 Å². The van der Waals surface area contributed by atoms with Gasteiger partial charge in [0.1, 0.15) is 0 Å². The Bertz CT molecular complexity index is 773. The van der Waals surface area contributed by atoms with Crippen LogP contribution in [0.1, 0.15) is 29.5 Å². The largest absolute Gasteiger partial charge is 0.361 e. The molecule has 0 bridgehead atoms.